The summed E-state index contributed by atoms with van der Waals surface area (Å²) >= 11 is 1.32. The summed E-state index contributed by atoms with van der Waals surface area (Å²) in [7, 11) is 0. The monoisotopic (exact) mass is 538 g/mol. The van der Waals surface area contributed by atoms with Crippen LogP contribution in [0.15, 0.2) is 95.2 Å². The van der Waals surface area contributed by atoms with Gasteiger partial charge >= 0.3 is 0 Å². The zero-order valence-electron chi connectivity index (χ0n) is 22.6. The van der Waals surface area contributed by atoms with Crippen molar-refractivity contribution in [1.82, 2.24) is 20.2 Å². The van der Waals surface area contributed by atoms with E-state index >= 15 is 0 Å². The number of allylic oxidation sites excluding steroid dienone is 2. The van der Waals surface area contributed by atoms with Crippen LogP contribution in [0.3, 0.4) is 0 Å². The summed E-state index contributed by atoms with van der Waals surface area (Å²) in [5.41, 5.74) is 6.97. The standard InChI is InChI=1S/C31H34N6OS/c1-5-17-37-29(20-32-28-12-8-10-26-9-6-7-11-27(26)28)34-36-31(37)39-21-30(38)35-33-19-23(4)18-24-13-15-25(16-14-24)22(2)3/h5-16,18-19,22,32H,1,17,20-21H2,2-4H3,(H,35,38)/b23-18-,33-19+. The number of aromatic nitrogens is 3. The van der Waals surface area contributed by atoms with Crippen molar-refractivity contribution in [1.29, 1.82) is 0 Å². The molecule has 0 radical (unpaired) electrons. The number of nitrogens with one attached hydrogen (secondary N) is 2. The minimum atomic E-state index is -0.214. The molecule has 39 heavy (non-hydrogen) atoms. The highest BCUT2D eigenvalue weighted by molar-refractivity contribution is 7.99. The smallest absolute Gasteiger partial charge is 0.250 e. The summed E-state index contributed by atoms with van der Waals surface area (Å²) in [5, 5.41) is 19.2. The Bertz CT molecular complexity index is 1480. The van der Waals surface area contributed by atoms with E-state index in [9.17, 15) is 4.79 Å². The Morgan fingerprint density at radius 3 is 2.62 bits per heavy atom. The van der Waals surface area contributed by atoms with Crippen LogP contribution in [0.1, 0.15) is 43.6 Å². The average Bonchev–Trinajstić information content (AvgIpc) is 3.32. The van der Waals surface area contributed by atoms with Crippen molar-refractivity contribution in [2.45, 2.75) is 44.9 Å². The quantitative estimate of drug-likeness (QED) is 0.0913. The van der Waals surface area contributed by atoms with E-state index in [2.05, 4.69) is 95.0 Å². The Kier molecular flexibility index (Phi) is 9.69. The van der Waals surface area contributed by atoms with Crippen LogP contribution in [0.2, 0.25) is 0 Å². The predicted molar refractivity (Wildman–Crippen MR) is 163 cm³/mol. The van der Waals surface area contributed by atoms with Gasteiger partial charge in [0, 0.05) is 17.6 Å². The zero-order valence-corrected chi connectivity index (χ0v) is 23.4. The van der Waals surface area contributed by atoms with Gasteiger partial charge < -0.3 is 9.88 Å². The number of carbonyl (C=O) groups is 1. The molecule has 0 aliphatic heterocycles. The molecular formula is C31H34N6OS. The highest BCUT2D eigenvalue weighted by atomic mass is 32.2. The lowest BCUT2D eigenvalue weighted by Crippen LogP contribution is -2.20. The molecule has 0 spiro atoms. The summed E-state index contributed by atoms with van der Waals surface area (Å²) < 4.78 is 1.96. The van der Waals surface area contributed by atoms with Gasteiger partial charge in [0.25, 0.3) is 5.91 Å². The molecule has 0 unspecified atom stereocenters. The number of anilines is 1. The first-order valence-corrected chi connectivity index (χ1v) is 13.9. The maximum atomic E-state index is 12.4. The lowest BCUT2D eigenvalue weighted by atomic mass is 10.0. The van der Waals surface area contributed by atoms with E-state index in [1.165, 1.54) is 22.7 Å². The van der Waals surface area contributed by atoms with Gasteiger partial charge in [0.15, 0.2) is 11.0 Å². The third-order valence-electron chi connectivity index (χ3n) is 6.12. The molecule has 4 aromatic rings. The van der Waals surface area contributed by atoms with E-state index in [4.69, 9.17) is 0 Å². The molecule has 0 aliphatic rings. The van der Waals surface area contributed by atoms with Gasteiger partial charge in [-0.15, -0.1) is 16.8 Å². The minimum Gasteiger partial charge on any atom is -0.377 e. The van der Waals surface area contributed by atoms with Crippen molar-refractivity contribution in [3.05, 3.63) is 102 Å². The van der Waals surface area contributed by atoms with Gasteiger partial charge in [-0.25, -0.2) is 5.43 Å². The zero-order chi connectivity index (χ0) is 27.6. The van der Waals surface area contributed by atoms with E-state index in [0.29, 0.717) is 24.2 Å². The SMILES string of the molecule is C=CCn1c(CNc2cccc3ccccc23)nnc1SCC(=O)N/N=C/C(C)=C\c1ccc(C(C)C)cc1. The van der Waals surface area contributed by atoms with Gasteiger partial charge in [0.2, 0.25) is 0 Å². The topological polar surface area (TPSA) is 84.2 Å². The van der Waals surface area contributed by atoms with Crippen LogP contribution in [-0.2, 0) is 17.9 Å². The number of amides is 1. The van der Waals surface area contributed by atoms with Gasteiger partial charge in [-0.3, -0.25) is 4.79 Å². The van der Waals surface area contributed by atoms with E-state index < -0.39 is 0 Å². The van der Waals surface area contributed by atoms with Gasteiger partial charge in [0.05, 0.1) is 18.5 Å². The van der Waals surface area contributed by atoms with E-state index in [1.54, 1.807) is 12.3 Å². The van der Waals surface area contributed by atoms with Crippen LogP contribution >= 0.6 is 11.8 Å². The van der Waals surface area contributed by atoms with E-state index in [-0.39, 0.29) is 11.7 Å². The summed E-state index contributed by atoms with van der Waals surface area (Å²) in [6.45, 7) is 11.2. The summed E-state index contributed by atoms with van der Waals surface area (Å²) in [4.78, 5) is 12.4. The highest BCUT2D eigenvalue weighted by Crippen LogP contribution is 2.24. The van der Waals surface area contributed by atoms with Crippen LogP contribution < -0.4 is 10.7 Å². The first-order chi connectivity index (χ1) is 18.9. The number of hydrogen-bond acceptors (Lipinski definition) is 6. The Balaban J connectivity index is 1.31. The summed E-state index contributed by atoms with van der Waals surface area (Å²) in [6.07, 6.45) is 5.47. The highest BCUT2D eigenvalue weighted by Gasteiger charge is 2.14. The number of carbonyl (C=O) groups excluding carboxylic acids is 1. The van der Waals surface area contributed by atoms with E-state index in [0.717, 1.165) is 28.0 Å². The second kappa shape index (κ2) is 13.6. The Hall–Kier alpha value is -4.17. The number of nitrogens with zero attached hydrogens (tertiary/aromatic N) is 4. The number of fused-ring (bicyclic) bond motifs is 1. The maximum absolute atomic E-state index is 12.4. The fourth-order valence-corrected chi connectivity index (χ4v) is 4.83. The molecule has 4 rings (SSSR count). The van der Waals surface area contributed by atoms with Crippen molar-refractivity contribution in [2.24, 2.45) is 5.10 Å². The van der Waals surface area contributed by atoms with Crippen LogP contribution in [0.5, 0.6) is 0 Å². The van der Waals surface area contributed by atoms with Crippen LogP contribution in [-0.4, -0.2) is 32.6 Å². The Morgan fingerprint density at radius 2 is 1.85 bits per heavy atom. The van der Waals surface area contributed by atoms with Crippen LogP contribution in [0, 0.1) is 0 Å². The maximum Gasteiger partial charge on any atom is 0.250 e. The van der Waals surface area contributed by atoms with Crippen molar-refractivity contribution in [3.63, 3.8) is 0 Å². The number of hydrogen-bond donors (Lipinski definition) is 2. The Labute approximate surface area is 234 Å². The molecule has 0 saturated carbocycles. The third kappa shape index (κ3) is 7.67. The number of thioether (sulfide) groups is 1. The lowest BCUT2D eigenvalue weighted by molar-refractivity contribution is -0.118. The average molecular weight is 539 g/mol. The van der Waals surface area contributed by atoms with Gasteiger partial charge in [-0.1, -0.05) is 98.4 Å². The second-order valence-electron chi connectivity index (χ2n) is 9.47. The molecule has 8 heteroatoms. The molecule has 1 aromatic heterocycles. The molecule has 0 bridgehead atoms. The fourth-order valence-electron chi connectivity index (χ4n) is 4.07. The van der Waals surface area contributed by atoms with Crippen molar-refractivity contribution in [2.75, 3.05) is 11.1 Å². The molecular weight excluding hydrogens is 504 g/mol. The number of rotatable bonds is 12. The number of hydrazone groups is 1. The van der Waals surface area contributed by atoms with Gasteiger partial charge in [-0.2, -0.15) is 5.10 Å². The molecule has 200 valence electrons. The first-order valence-electron chi connectivity index (χ1n) is 12.9. The third-order valence-corrected chi connectivity index (χ3v) is 7.09. The molecule has 2 N–H and O–H groups in total. The van der Waals surface area contributed by atoms with Crippen molar-refractivity contribution >= 4 is 46.4 Å². The van der Waals surface area contributed by atoms with Crippen LogP contribution in [0.4, 0.5) is 5.69 Å². The molecule has 0 atom stereocenters. The minimum absolute atomic E-state index is 0.169. The second-order valence-corrected chi connectivity index (χ2v) is 10.4. The lowest BCUT2D eigenvalue weighted by Gasteiger charge is -2.11. The molecule has 3 aromatic carbocycles. The largest absolute Gasteiger partial charge is 0.377 e. The van der Waals surface area contributed by atoms with Gasteiger partial charge in [-0.05, 0) is 41.0 Å². The molecule has 0 fully saturated rings. The molecule has 0 saturated heterocycles. The molecule has 1 heterocycles. The summed E-state index contributed by atoms with van der Waals surface area (Å²) in [6, 6.07) is 22.9. The van der Waals surface area contributed by atoms with Gasteiger partial charge in [0.1, 0.15) is 0 Å². The first kappa shape index (κ1) is 27.9. The molecule has 7 nitrogen and oxygen atoms in total. The van der Waals surface area contributed by atoms with E-state index in [1.807, 2.05) is 35.8 Å². The van der Waals surface area contributed by atoms with Crippen molar-refractivity contribution < 1.29 is 4.79 Å². The predicted octanol–water partition coefficient (Wildman–Crippen LogP) is 6.65. The van der Waals surface area contributed by atoms with Crippen LogP contribution in [0.25, 0.3) is 16.8 Å². The number of benzene rings is 3. The fraction of sp³-hybridized carbons (Fsp3) is 0.226. The molecule has 1 amide bonds. The molecule has 0 aliphatic carbocycles. The normalized spacial score (nSPS) is 11.8. The Morgan fingerprint density at radius 1 is 1.08 bits per heavy atom. The summed E-state index contributed by atoms with van der Waals surface area (Å²) in [5.74, 6) is 1.23. The van der Waals surface area contributed by atoms with Crippen molar-refractivity contribution in [3.8, 4) is 0 Å².